The topological polar surface area (TPSA) is 64.3 Å². The van der Waals surface area contributed by atoms with Gasteiger partial charge in [-0.15, -0.1) is 5.92 Å². The summed E-state index contributed by atoms with van der Waals surface area (Å²) in [6.45, 7) is 6.42. The van der Waals surface area contributed by atoms with Gasteiger partial charge in [0.2, 0.25) is 0 Å². The van der Waals surface area contributed by atoms with Crippen molar-refractivity contribution < 1.29 is 14.6 Å². The molecule has 0 fully saturated rings. The molecule has 0 saturated carbocycles. The van der Waals surface area contributed by atoms with Crippen molar-refractivity contribution in [3.8, 4) is 17.6 Å². The number of aromatic nitrogens is 2. The maximum atomic E-state index is 11.0. The van der Waals surface area contributed by atoms with E-state index in [-0.39, 0.29) is 12.3 Å². The first-order chi connectivity index (χ1) is 13.5. The molecule has 144 valence electrons. The predicted octanol–water partition coefficient (Wildman–Crippen LogP) is 4.78. The second-order valence-electron chi connectivity index (χ2n) is 6.93. The van der Waals surface area contributed by atoms with Gasteiger partial charge in [0.25, 0.3) is 0 Å². The summed E-state index contributed by atoms with van der Waals surface area (Å²) < 4.78 is 8.10. The molecule has 0 saturated heterocycles. The molecule has 3 aromatic rings. The molecule has 5 nitrogen and oxygen atoms in total. The van der Waals surface area contributed by atoms with Gasteiger partial charge < -0.3 is 14.4 Å². The first-order valence-corrected chi connectivity index (χ1v) is 9.31. The lowest BCUT2D eigenvalue weighted by Gasteiger charge is -2.12. The van der Waals surface area contributed by atoms with E-state index in [9.17, 15) is 4.79 Å². The standard InChI is InChI=1S/C23H24N2O3/c1-4-5-18(14-22(26)27)17-6-8-20(9-7-17)28-15-19-10-12-24-23-21(19)11-13-25(23)16(2)3/h6-13,16,18H,14-15H2,1-3H3,(H,26,27)/t18-/m0/s1. The predicted molar refractivity (Wildman–Crippen MR) is 109 cm³/mol. The Hall–Kier alpha value is -3.26. The van der Waals surface area contributed by atoms with E-state index in [1.165, 1.54) is 0 Å². The van der Waals surface area contributed by atoms with Crippen molar-refractivity contribution in [1.29, 1.82) is 0 Å². The van der Waals surface area contributed by atoms with Crippen LogP contribution in [0.5, 0.6) is 5.75 Å². The normalized spacial score (nSPS) is 11.9. The van der Waals surface area contributed by atoms with Crippen LogP contribution in [0, 0.1) is 11.8 Å². The Morgan fingerprint density at radius 2 is 1.96 bits per heavy atom. The highest BCUT2D eigenvalue weighted by Gasteiger charge is 2.13. The molecule has 2 heterocycles. The lowest BCUT2D eigenvalue weighted by molar-refractivity contribution is -0.137. The molecule has 1 N–H and O–H groups in total. The molecule has 0 amide bonds. The van der Waals surface area contributed by atoms with Crippen LogP contribution in [0.3, 0.4) is 0 Å². The molecule has 0 unspecified atom stereocenters. The molecule has 0 radical (unpaired) electrons. The second kappa shape index (κ2) is 8.62. The molecule has 5 heteroatoms. The monoisotopic (exact) mass is 376 g/mol. The summed E-state index contributed by atoms with van der Waals surface area (Å²) in [5.41, 5.74) is 2.92. The van der Waals surface area contributed by atoms with E-state index in [0.29, 0.717) is 12.6 Å². The van der Waals surface area contributed by atoms with Gasteiger partial charge >= 0.3 is 5.97 Å². The van der Waals surface area contributed by atoms with Gasteiger partial charge in [-0.25, -0.2) is 4.98 Å². The number of carboxylic acids is 1. The first kappa shape index (κ1) is 19.5. The van der Waals surface area contributed by atoms with Crippen molar-refractivity contribution in [3.05, 3.63) is 59.9 Å². The number of carboxylic acid groups (broad SMARTS) is 1. The zero-order valence-corrected chi connectivity index (χ0v) is 16.3. The first-order valence-electron chi connectivity index (χ1n) is 9.31. The SMILES string of the molecule is CC#C[C@@H](CC(=O)O)c1ccc(OCc2ccnc3c2ccn3C(C)C)cc1. The Kier molecular flexibility index (Phi) is 6.00. The van der Waals surface area contributed by atoms with Crippen LogP contribution >= 0.6 is 0 Å². The van der Waals surface area contributed by atoms with Crippen LogP contribution in [0.15, 0.2) is 48.8 Å². The number of carbonyl (C=O) groups is 1. The molecular formula is C23H24N2O3. The molecule has 1 atom stereocenters. The molecule has 0 spiro atoms. The van der Waals surface area contributed by atoms with E-state index in [4.69, 9.17) is 9.84 Å². The van der Waals surface area contributed by atoms with Crippen LogP contribution in [0.1, 0.15) is 50.3 Å². The van der Waals surface area contributed by atoms with E-state index < -0.39 is 5.97 Å². The van der Waals surface area contributed by atoms with E-state index in [1.807, 2.05) is 36.5 Å². The number of pyridine rings is 1. The zero-order chi connectivity index (χ0) is 20.1. The van der Waals surface area contributed by atoms with Crippen molar-refractivity contribution in [2.24, 2.45) is 0 Å². The summed E-state index contributed by atoms with van der Waals surface area (Å²) in [4.78, 5) is 15.5. The Labute approximate surface area is 165 Å². The largest absolute Gasteiger partial charge is 0.489 e. The van der Waals surface area contributed by atoms with Crippen LogP contribution in [0.4, 0.5) is 0 Å². The molecule has 0 bridgehead atoms. The van der Waals surface area contributed by atoms with E-state index in [0.717, 1.165) is 27.9 Å². The number of hydrogen-bond donors (Lipinski definition) is 1. The highest BCUT2D eigenvalue weighted by molar-refractivity contribution is 5.80. The number of benzene rings is 1. The Morgan fingerprint density at radius 1 is 1.21 bits per heavy atom. The number of aliphatic carboxylic acids is 1. The molecule has 0 aliphatic rings. The van der Waals surface area contributed by atoms with Crippen molar-refractivity contribution in [3.63, 3.8) is 0 Å². The third-order valence-electron chi connectivity index (χ3n) is 4.64. The van der Waals surface area contributed by atoms with Crippen LogP contribution in [-0.4, -0.2) is 20.6 Å². The number of nitrogens with zero attached hydrogens (tertiary/aromatic N) is 2. The van der Waals surface area contributed by atoms with Crippen molar-refractivity contribution in [2.45, 2.75) is 45.8 Å². The van der Waals surface area contributed by atoms with Gasteiger partial charge in [0.1, 0.15) is 18.0 Å². The maximum absolute atomic E-state index is 11.0. The minimum Gasteiger partial charge on any atom is -0.489 e. The smallest absolute Gasteiger partial charge is 0.304 e. The van der Waals surface area contributed by atoms with Crippen molar-refractivity contribution in [2.75, 3.05) is 0 Å². The third kappa shape index (κ3) is 4.34. The van der Waals surface area contributed by atoms with Crippen LogP contribution in [0.25, 0.3) is 11.0 Å². The lowest BCUT2D eigenvalue weighted by atomic mass is 9.96. The fraction of sp³-hybridized carbons (Fsp3) is 0.304. The summed E-state index contributed by atoms with van der Waals surface area (Å²) in [5, 5.41) is 10.2. The van der Waals surface area contributed by atoms with Crippen LogP contribution in [-0.2, 0) is 11.4 Å². The minimum absolute atomic E-state index is 0.0110. The maximum Gasteiger partial charge on any atom is 0.304 e. The molecule has 28 heavy (non-hydrogen) atoms. The summed E-state index contributed by atoms with van der Waals surface area (Å²) in [6.07, 6.45) is 3.85. The highest BCUT2D eigenvalue weighted by atomic mass is 16.5. The van der Waals surface area contributed by atoms with E-state index in [2.05, 4.69) is 47.5 Å². The summed E-state index contributed by atoms with van der Waals surface area (Å²) in [5.74, 6) is 5.33. The number of ether oxygens (including phenoxy) is 1. The molecule has 0 aliphatic carbocycles. The molecule has 1 aromatic carbocycles. The average Bonchev–Trinajstić information content (AvgIpc) is 3.11. The molecular weight excluding hydrogens is 352 g/mol. The fourth-order valence-corrected chi connectivity index (χ4v) is 3.21. The number of fused-ring (bicyclic) bond motifs is 1. The van der Waals surface area contributed by atoms with E-state index >= 15 is 0 Å². The van der Waals surface area contributed by atoms with Crippen LogP contribution in [0.2, 0.25) is 0 Å². The third-order valence-corrected chi connectivity index (χ3v) is 4.64. The fourth-order valence-electron chi connectivity index (χ4n) is 3.21. The van der Waals surface area contributed by atoms with Gasteiger partial charge in [-0.2, -0.15) is 0 Å². The zero-order valence-electron chi connectivity index (χ0n) is 16.3. The second-order valence-corrected chi connectivity index (χ2v) is 6.93. The molecule has 2 aromatic heterocycles. The molecule has 3 rings (SSSR count). The molecule has 0 aliphatic heterocycles. The van der Waals surface area contributed by atoms with Gasteiger partial charge in [0, 0.05) is 29.4 Å². The summed E-state index contributed by atoms with van der Waals surface area (Å²) in [6, 6.07) is 11.9. The van der Waals surface area contributed by atoms with Gasteiger partial charge in [-0.05, 0) is 50.6 Å². The van der Waals surface area contributed by atoms with Gasteiger partial charge in [0.15, 0.2) is 0 Å². The summed E-state index contributed by atoms with van der Waals surface area (Å²) >= 11 is 0. The average molecular weight is 376 g/mol. The van der Waals surface area contributed by atoms with Gasteiger partial charge in [-0.1, -0.05) is 18.1 Å². The highest BCUT2D eigenvalue weighted by Crippen LogP contribution is 2.25. The Morgan fingerprint density at radius 3 is 2.61 bits per heavy atom. The van der Waals surface area contributed by atoms with E-state index in [1.54, 1.807) is 6.92 Å². The lowest BCUT2D eigenvalue weighted by Crippen LogP contribution is -2.04. The van der Waals surface area contributed by atoms with Gasteiger partial charge in [-0.3, -0.25) is 4.79 Å². The number of rotatable bonds is 7. The quantitative estimate of drug-likeness (QED) is 0.603. The van der Waals surface area contributed by atoms with Gasteiger partial charge in [0.05, 0.1) is 12.3 Å². The number of hydrogen-bond acceptors (Lipinski definition) is 3. The minimum atomic E-state index is -0.858. The van der Waals surface area contributed by atoms with Crippen molar-refractivity contribution >= 4 is 17.0 Å². The van der Waals surface area contributed by atoms with Crippen LogP contribution < -0.4 is 4.74 Å². The Bertz CT molecular complexity index is 1020. The van der Waals surface area contributed by atoms with Crippen molar-refractivity contribution in [1.82, 2.24) is 9.55 Å². The summed E-state index contributed by atoms with van der Waals surface area (Å²) in [7, 11) is 0. The Balaban J connectivity index is 1.74.